The van der Waals surface area contributed by atoms with E-state index >= 15 is 0 Å². The summed E-state index contributed by atoms with van der Waals surface area (Å²) in [6.45, 7) is 4.75. The van der Waals surface area contributed by atoms with Crippen LogP contribution >= 0.6 is 12.4 Å². The van der Waals surface area contributed by atoms with Crippen molar-refractivity contribution in [2.45, 2.75) is 25.9 Å². The first-order chi connectivity index (χ1) is 10.1. The molecule has 3 N–H and O–H groups in total. The lowest BCUT2D eigenvalue weighted by Crippen LogP contribution is -2.39. The summed E-state index contributed by atoms with van der Waals surface area (Å²) in [6.07, 6.45) is 1.08. The maximum atomic E-state index is 12.1. The summed E-state index contributed by atoms with van der Waals surface area (Å²) in [4.78, 5) is 14.3. The van der Waals surface area contributed by atoms with Gasteiger partial charge < -0.3 is 15.8 Å². The van der Waals surface area contributed by atoms with Gasteiger partial charge >= 0.3 is 0 Å². The summed E-state index contributed by atoms with van der Waals surface area (Å²) >= 11 is 0. The number of nitrogens with one attached hydrogen (secondary N) is 1. The zero-order valence-electron chi connectivity index (χ0n) is 13.2. The number of hydrogen-bond acceptors (Lipinski definition) is 4. The summed E-state index contributed by atoms with van der Waals surface area (Å²) in [7, 11) is 1.64. The van der Waals surface area contributed by atoms with E-state index < -0.39 is 0 Å². The number of nitrogens with zero attached hydrogens (tertiary/aromatic N) is 1. The van der Waals surface area contributed by atoms with Crippen LogP contribution in [0.25, 0.3) is 0 Å². The van der Waals surface area contributed by atoms with Gasteiger partial charge in [0, 0.05) is 19.1 Å². The second kappa shape index (κ2) is 8.98. The number of carbonyl (C=O) groups is 1. The highest BCUT2D eigenvalue weighted by Gasteiger charge is 2.29. The number of likely N-dealkylation sites (tertiary alicyclic amines) is 1. The molecule has 1 aromatic carbocycles. The molecule has 0 bridgehead atoms. The van der Waals surface area contributed by atoms with Gasteiger partial charge in [0.1, 0.15) is 5.75 Å². The van der Waals surface area contributed by atoms with E-state index in [1.54, 1.807) is 7.11 Å². The number of halogens is 1. The molecule has 0 radical (unpaired) electrons. The summed E-state index contributed by atoms with van der Waals surface area (Å²) < 4.78 is 5.17. The fourth-order valence-corrected chi connectivity index (χ4v) is 2.83. The van der Waals surface area contributed by atoms with Gasteiger partial charge in [0.25, 0.3) is 0 Å². The van der Waals surface area contributed by atoms with E-state index in [-0.39, 0.29) is 18.3 Å². The van der Waals surface area contributed by atoms with Crippen molar-refractivity contribution in [3.05, 3.63) is 29.8 Å². The first-order valence-corrected chi connectivity index (χ1v) is 7.46. The number of methoxy groups -OCH3 is 1. The Hall–Kier alpha value is -1.30. The molecule has 2 unspecified atom stereocenters. The summed E-state index contributed by atoms with van der Waals surface area (Å²) in [5.41, 5.74) is 6.75. The average Bonchev–Trinajstić information content (AvgIpc) is 2.85. The molecule has 1 heterocycles. The quantitative estimate of drug-likeness (QED) is 0.829. The van der Waals surface area contributed by atoms with Crippen LogP contribution in [-0.4, -0.2) is 43.6 Å². The van der Waals surface area contributed by atoms with Gasteiger partial charge in [0.05, 0.1) is 13.7 Å². The summed E-state index contributed by atoms with van der Waals surface area (Å²) in [5, 5.41) is 2.96. The molecule has 1 aromatic rings. The molecule has 6 heteroatoms. The lowest BCUT2D eigenvalue weighted by atomic mass is 10.1. The smallest absolute Gasteiger partial charge is 0.234 e. The van der Waals surface area contributed by atoms with Crippen LogP contribution in [0.4, 0.5) is 0 Å². The van der Waals surface area contributed by atoms with Crippen molar-refractivity contribution in [3.63, 3.8) is 0 Å². The van der Waals surface area contributed by atoms with Gasteiger partial charge in [-0.3, -0.25) is 9.69 Å². The van der Waals surface area contributed by atoms with Crippen LogP contribution in [0.5, 0.6) is 5.75 Å². The molecule has 0 aliphatic carbocycles. The molecular formula is C16H26ClN3O2. The number of carbonyl (C=O) groups excluding carboxylic acids is 1. The molecular weight excluding hydrogens is 302 g/mol. The molecule has 1 aliphatic heterocycles. The van der Waals surface area contributed by atoms with Crippen LogP contribution in [0.15, 0.2) is 24.3 Å². The van der Waals surface area contributed by atoms with Crippen molar-refractivity contribution >= 4 is 18.3 Å². The Balaban J connectivity index is 0.00000242. The van der Waals surface area contributed by atoms with Crippen molar-refractivity contribution in [1.29, 1.82) is 0 Å². The van der Waals surface area contributed by atoms with Crippen molar-refractivity contribution in [1.82, 2.24) is 10.2 Å². The van der Waals surface area contributed by atoms with Crippen molar-refractivity contribution < 1.29 is 9.53 Å². The summed E-state index contributed by atoms with van der Waals surface area (Å²) in [5.74, 6) is 1.38. The molecule has 124 valence electrons. The first-order valence-electron chi connectivity index (χ1n) is 7.46. The van der Waals surface area contributed by atoms with Crippen LogP contribution in [0.1, 0.15) is 18.9 Å². The number of hydrogen-bond donors (Lipinski definition) is 2. The molecule has 0 saturated carbocycles. The van der Waals surface area contributed by atoms with Crippen LogP contribution in [0.2, 0.25) is 0 Å². The lowest BCUT2D eigenvalue weighted by Gasteiger charge is -2.20. The Morgan fingerprint density at radius 1 is 1.50 bits per heavy atom. The Bertz CT molecular complexity index is 484. The van der Waals surface area contributed by atoms with E-state index in [2.05, 4.69) is 17.1 Å². The maximum Gasteiger partial charge on any atom is 0.234 e. The highest BCUT2D eigenvalue weighted by atomic mass is 35.5. The topological polar surface area (TPSA) is 67.6 Å². The minimum Gasteiger partial charge on any atom is -0.497 e. The normalized spacial score (nSPS) is 21.2. The average molecular weight is 328 g/mol. The van der Waals surface area contributed by atoms with Crippen molar-refractivity contribution in [2.75, 3.05) is 26.7 Å². The van der Waals surface area contributed by atoms with Crippen molar-refractivity contribution in [3.8, 4) is 5.75 Å². The second-order valence-electron chi connectivity index (χ2n) is 5.74. The van der Waals surface area contributed by atoms with Gasteiger partial charge in [-0.25, -0.2) is 0 Å². The Labute approximate surface area is 138 Å². The molecule has 2 rings (SSSR count). The third-order valence-electron chi connectivity index (χ3n) is 4.09. The predicted octanol–water partition coefficient (Wildman–Crippen LogP) is 1.40. The maximum absolute atomic E-state index is 12.1. The van der Waals surface area contributed by atoms with E-state index in [1.165, 1.54) is 0 Å². The number of rotatable bonds is 6. The first kappa shape index (κ1) is 18.7. The molecule has 1 aliphatic rings. The highest BCUT2D eigenvalue weighted by molar-refractivity contribution is 5.85. The monoisotopic (exact) mass is 327 g/mol. The van der Waals surface area contributed by atoms with Gasteiger partial charge in [0.15, 0.2) is 0 Å². The Kier molecular flexibility index (Phi) is 7.65. The molecule has 22 heavy (non-hydrogen) atoms. The lowest BCUT2D eigenvalue weighted by molar-refractivity contribution is -0.122. The van der Waals surface area contributed by atoms with E-state index in [9.17, 15) is 4.79 Å². The molecule has 0 spiro atoms. The molecule has 1 amide bonds. The largest absolute Gasteiger partial charge is 0.497 e. The van der Waals surface area contributed by atoms with Gasteiger partial charge in [0.2, 0.25) is 5.91 Å². The summed E-state index contributed by atoms with van der Waals surface area (Å²) in [6, 6.07) is 8.16. The third kappa shape index (κ3) is 5.16. The van der Waals surface area contributed by atoms with E-state index in [0.29, 0.717) is 31.6 Å². The van der Waals surface area contributed by atoms with Gasteiger partial charge in [-0.15, -0.1) is 12.4 Å². The zero-order chi connectivity index (χ0) is 15.2. The third-order valence-corrected chi connectivity index (χ3v) is 4.09. The van der Waals surface area contributed by atoms with Gasteiger partial charge in [-0.1, -0.05) is 12.1 Å². The van der Waals surface area contributed by atoms with Crippen LogP contribution in [-0.2, 0) is 11.3 Å². The molecule has 2 atom stereocenters. The van der Waals surface area contributed by atoms with Crippen LogP contribution in [0, 0.1) is 5.92 Å². The van der Waals surface area contributed by atoms with E-state index in [0.717, 1.165) is 24.3 Å². The number of ether oxygens (including phenoxy) is 1. The van der Waals surface area contributed by atoms with Crippen LogP contribution < -0.4 is 15.8 Å². The molecule has 0 aromatic heterocycles. The van der Waals surface area contributed by atoms with Gasteiger partial charge in [-0.2, -0.15) is 0 Å². The predicted molar refractivity (Wildman–Crippen MR) is 90.3 cm³/mol. The van der Waals surface area contributed by atoms with Crippen molar-refractivity contribution in [2.24, 2.45) is 11.7 Å². The Morgan fingerprint density at radius 2 is 2.27 bits per heavy atom. The Morgan fingerprint density at radius 3 is 2.91 bits per heavy atom. The fraction of sp³-hybridized carbons (Fsp3) is 0.562. The van der Waals surface area contributed by atoms with Gasteiger partial charge in [-0.05, 0) is 43.5 Å². The minimum atomic E-state index is 0. The second-order valence-corrected chi connectivity index (χ2v) is 5.74. The minimum absolute atomic E-state index is 0. The molecule has 1 fully saturated rings. The molecule has 5 nitrogen and oxygen atoms in total. The highest BCUT2D eigenvalue weighted by Crippen LogP contribution is 2.21. The fourth-order valence-electron chi connectivity index (χ4n) is 2.83. The number of amides is 1. The standard InChI is InChI=1S/C16H25N3O2.ClH/c1-12-6-14(8-17)10-19(12)11-16(20)18-9-13-4-3-5-15(7-13)21-2;/h3-5,7,12,14H,6,8-11,17H2,1-2H3,(H,18,20);1H. The number of nitrogens with two attached hydrogens (primary N) is 1. The van der Waals surface area contributed by atoms with Crippen LogP contribution in [0.3, 0.4) is 0 Å². The van der Waals surface area contributed by atoms with E-state index in [4.69, 9.17) is 10.5 Å². The van der Waals surface area contributed by atoms with E-state index in [1.807, 2.05) is 24.3 Å². The molecule has 1 saturated heterocycles. The SMILES string of the molecule is COc1cccc(CNC(=O)CN2CC(CN)CC2C)c1.Cl. The zero-order valence-corrected chi connectivity index (χ0v) is 14.1. The number of benzene rings is 1.